The van der Waals surface area contributed by atoms with Crippen LogP contribution in [-0.4, -0.2) is 38.4 Å². The lowest BCUT2D eigenvalue weighted by Gasteiger charge is -2.11. The van der Waals surface area contributed by atoms with Gasteiger partial charge in [-0.2, -0.15) is 0 Å². The van der Waals surface area contributed by atoms with Crippen LogP contribution in [0.5, 0.6) is 0 Å². The van der Waals surface area contributed by atoms with Crippen LogP contribution in [0.3, 0.4) is 0 Å². The summed E-state index contributed by atoms with van der Waals surface area (Å²) in [5.41, 5.74) is 0.621. The van der Waals surface area contributed by atoms with Crippen LogP contribution in [0, 0.1) is 12.7 Å². The summed E-state index contributed by atoms with van der Waals surface area (Å²) in [6.45, 7) is 1.49. The third-order valence-corrected chi connectivity index (χ3v) is 6.44. The van der Waals surface area contributed by atoms with Crippen molar-refractivity contribution in [1.29, 1.82) is 0 Å². The number of nitrogens with one attached hydrogen (secondary N) is 1. The van der Waals surface area contributed by atoms with E-state index in [0.29, 0.717) is 11.8 Å². The van der Waals surface area contributed by atoms with Crippen molar-refractivity contribution in [2.24, 2.45) is 0 Å². The molecule has 11 heteroatoms. The van der Waals surface area contributed by atoms with Gasteiger partial charge in [0, 0.05) is 29.7 Å². The van der Waals surface area contributed by atoms with E-state index in [1.54, 1.807) is 18.5 Å². The molecule has 31 heavy (non-hydrogen) atoms. The van der Waals surface area contributed by atoms with Gasteiger partial charge in [0.25, 0.3) is 10.0 Å². The molecule has 0 unspecified atom stereocenters. The molecule has 0 aliphatic carbocycles. The number of rotatable bonds is 6. The zero-order chi connectivity index (χ0) is 22.2. The van der Waals surface area contributed by atoms with E-state index in [1.165, 1.54) is 31.3 Å². The van der Waals surface area contributed by atoms with Gasteiger partial charge in [-0.3, -0.25) is 4.79 Å². The van der Waals surface area contributed by atoms with Crippen LogP contribution >= 0.6 is 0 Å². The summed E-state index contributed by atoms with van der Waals surface area (Å²) in [4.78, 5) is 23.3. The predicted octanol–water partition coefficient (Wildman–Crippen LogP) is 2.88. The zero-order valence-corrected chi connectivity index (χ0v) is 17.0. The van der Waals surface area contributed by atoms with E-state index in [2.05, 4.69) is 20.3 Å². The predicted molar refractivity (Wildman–Crippen MR) is 110 cm³/mol. The molecule has 158 valence electrons. The van der Waals surface area contributed by atoms with Crippen molar-refractivity contribution in [3.63, 3.8) is 0 Å². The first-order valence-electron chi connectivity index (χ1n) is 9.04. The van der Waals surface area contributed by atoms with Crippen LogP contribution in [0.2, 0.25) is 0 Å². The van der Waals surface area contributed by atoms with Crippen molar-refractivity contribution in [2.45, 2.75) is 18.2 Å². The van der Waals surface area contributed by atoms with Gasteiger partial charge in [0.15, 0.2) is 0 Å². The van der Waals surface area contributed by atoms with Crippen molar-refractivity contribution < 1.29 is 22.7 Å². The molecule has 0 saturated carbocycles. The highest BCUT2D eigenvalue weighted by molar-refractivity contribution is 7.90. The van der Waals surface area contributed by atoms with Crippen LogP contribution < -0.4 is 5.32 Å². The minimum atomic E-state index is -4.13. The average Bonchev–Trinajstić information content (AvgIpc) is 3.00. The summed E-state index contributed by atoms with van der Waals surface area (Å²) >= 11 is 0. The quantitative estimate of drug-likeness (QED) is 0.468. The summed E-state index contributed by atoms with van der Waals surface area (Å²) in [5.74, 6) is -1.09. The van der Waals surface area contributed by atoms with Gasteiger partial charge in [0.1, 0.15) is 16.5 Å². The van der Waals surface area contributed by atoms with Crippen LogP contribution in [0.25, 0.3) is 10.9 Å². The third-order valence-electron chi connectivity index (χ3n) is 4.65. The van der Waals surface area contributed by atoms with Crippen molar-refractivity contribution in [3.05, 3.63) is 72.1 Å². The molecular formula is C20H16FN5O4S. The van der Waals surface area contributed by atoms with Gasteiger partial charge in [-0.05, 0) is 48.9 Å². The number of hydrogen-bond donors (Lipinski definition) is 2. The number of anilines is 2. The Kier molecular flexibility index (Phi) is 5.11. The topological polar surface area (TPSA) is 127 Å². The van der Waals surface area contributed by atoms with Crippen molar-refractivity contribution >= 4 is 38.7 Å². The molecule has 0 saturated heterocycles. The first-order chi connectivity index (χ1) is 14.8. The molecule has 9 nitrogen and oxygen atoms in total. The molecule has 0 aliphatic rings. The standard InChI is InChI=1S/C20H16FN5O4S/c1-12-15(10-19(27)28)16-9-13(21)3-5-17(16)26(12)31(29,30)14-4-6-18(24-11-14)25-20-22-7-2-8-23-20/h2-9,11H,10H2,1H3,(H,27,28)(H,22,23,24,25). The molecular weight excluding hydrogens is 425 g/mol. The number of fused-ring (bicyclic) bond motifs is 1. The second kappa shape index (κ2) is 7.76. The van der Waals surface area contributed by atoms with E-state index in [1.807, 2.05) is 0 Å². The summed E-state index contributed by atoms with van der Waals surface area (Å²) in [7, 11) is -4.13. The molecule has 3 aromatic heterocycles. The number of halogens is 1. The number of nitrogens with zero attached hydrogens (tertiary/aromatic N) is 4. The zero-order valence-electron chi connectivity index (χ0n) is 16.2. The Bertz CT molecular complexity index is 1390. The number of benzene rings is 1. The van der Waals surface area contributed by atoms with Crippen molar-refractivity contribution in [3.8, 4) is 0 Å². The van der Waals surface area contributed by atoms with Gasteiger partial charge in [0.05, 0.1) is 11.9 Å². The number of pyridine rings is 1. The van der Waals surface area contributed by atoms with E-state index < -0.39 is 28.2 Å². The molecule has 0 bridgehead atoms. The minimum absolute atomic E-state index is 0.113. The highest BCUT2D eigenvalue weighted by Gasteiger charge is 2.26. The summed E-state index contributed by atoms with van der Waals surface area (Å²) in [6, 6.07) is 8.06. The summed E-state index contributed by atoms with van der Waals surface area (Å²) < 4.78 is 41.5. The van der Waals surface area contributed by atoms with Crippen molar-refractivity contribution in [2.75, 3.05) is 5.32 Å². The lowest BCUT2D eigenvalue weighted by atomic mass is 10.1. The SMILES string of the molecule is Cc1c(CC(=O)O)c2cc(F)ccc2n1S(=O)(=O)c1ccc(Nc2ncccn2)nc1. The Morgan fingerprint density at radius 3 is 2.55 bits per heavy atom. The largest absolute Gasteiger partial charge is 0.481 e. The monoisotopic (exact) mass is 441 g/mol. The van der Waals surface area contributed by atoms with Gasteiger partial charge in [-0.15, -0.1) is 0 Å². The second-order valence-electron chi connectivity index (χ2n) is 6.64. The molecule has 0 radical (unpaired) electrons. The number of aromatic nitrogens is 4. The maximum atomic E-state index is 13.8. The van der Waals surface area contributed by atoms with Gasteiger partial charge < -0.3 is 10.4 Å². The lowest BCUT2D eigenvalue weighted by Crippen LogP contribution is -2.15. The van der Waals surface area contributed by atoms with Crippen LogP contribution in [0.4, 0.5) is 16.2 Å². The normalized spacial score (nSPS) is 11.5. The van der Waals surface area contributed by atoms with E-state index in [-0.39, 0.29) is 27.1 Å². The lowest BCUT2D eigenvalue weighted by molar-refractivity contribution is -0.136. The Hall–Kier alpha value is -3.86. The highest BCUT2D eigenvalue weighted by Crippen LogP contribution is 2.31. The molecule has 0 spiro atoms. The first kappa shape index (κ1) is 20.4. The van der Waals surface area contributed by atoms with Crippen molar-refractivity contribution in [1.82, 2.24) is 18.9 Å². The molecule has 0 amide bonds. The molecule has 0 atom stereocenters. The molecule has 0 aliphatic heterocycles. The molecule has 4 aromatic rings. The van der Waals surface area contributed by atoms with E-state index >= 15 is 0 Å². The van der Waals surface area contributed by atoms with Gasteiger partial charge in [-0.1, -0.05) is 0 Å². The Balaban J connectivity index is 1.78. The fourth-order valence-corrected chi connectivity index (χ4v) is 4.83. The Morgan fingerprint density at radius 2 is 1.90 bits per heavy atom. The van der Waals surface area contributed by atoms with Gasteiger partial charge >= 0.3 is 5.97 Å². The van der Waals surface area contributed by atoms with Crippen LogP contribution in [0.15, 0.2) is 59.9 Å². The number of carboxylic acid groups (broad SMARTS) is 1. The minimum Gasteiger partial charge on any atom is -0.481 e. The molecule has 4 rings (SSSR count). The van der Waals surface area contributed by atoms with E-state index in [4.69, 9.17) is 0 Å². The highest BCUT2D eigenvalue weighted by atomic mass is 32.2. The fraction of sp³-hybridized carbons (Fsp3) is 0.100. The molecule has 3 heterocycles. The number of aliphatic carboxylic acids is 1. The smallest absolute Gasteiger partial charge is 0.307 e. The second-order valence-corrected chi connectivity index (χ2v) is 8.43. The van der Waals surface area contributed by atoms with Crippen LogP contribution in [0.1, 0.15) is 11.3 Å². The van der Waals surface area contributed by atoms with E-state index in [0.717, 1.165) is 16.1 Å². The average molecular weight is 441 g/mol. The first-order valence-corrected chi connectivity index (χ1v) is 10.5. The third kappa shape index (κ3) is 3.82. The van der Waals surface area contributed by atoms with E-state index in [9.17, 15) is 22.7 Å². The summed E-state index contributed by atoms with van der Waals surface area (Å²) in [5, 5.41) is 12.3. The Morgan fingerprint density at radius 1 is 1.16 bits per heavy atom. The molecule has 2 N–H and O–H groups in total. The fourth-order valence-electron chi connectivity index (χ4n) is 3.30. The molecule has 0 fully saturated rings. The number of hydrogen-bond acceptors (Lipinski definition) is 7. The maximum absolute atomic E-state index is 13.8. The molecule has 1 aromatic carbocycles. The maximum Gasteiger partial charge on any atom is 0.307 e. The van der Waals surface area contributed by atoms with Crippen LogP contribution in [-0.2, 0) is 21.2 Å². The Labute approximate surface area is 176 Å². The number of carboxylic acids is 1. The summed E-state index contributed by atoms with van der Waals surface area (Å²) in [6.07, 6.45) is 3.83. The van der Waals surface area contributed by atoms with Gasteiger partial charge in [0.2, 0.25) is 5.95 Å². The number of carbonyl (C=O) groups is 1. The van der Waals surface area contributed by atoms with Gasteiger partial charge in [-0.25, -0.2) is 31.7 Å².